The van der Waals surface area contributed by atoms with Gasteiger partial charge in [-0.1, -0.05) is 12.1 Å². The Morgan fingerprint density at radius 2 is 1.92 bits per heavy atom. The lowest BCUT2D eigenvalue weighted by molar-refractivity contribution is 0.569. The summed E-state index contributed by atoms with van der Waals surface area (Å²) in [5.74, 6) is 0. The van der Waals surface area contributed by atoms with Crippen molar-refractivity contribution < 1.29 is 0 Å². The summed E-state index contributed by atoms with van der Waals surface area (Å²) in [6.45, 7) is 4.34. The second kappa shape index (κ2) is 3.15. The number of benzene rings is 1. The molecule has 70 valence electrons. The Bertz CT molecular complexity index is 328. The monoisotopic (exact) mass is 175 g/mol. The predicted molar refractivity (Wildman–Crippen MR) is 55.8 cm³/mol. The summed E-state index contributed by atoms with van der Waals surface area (Å²) in [4.78, 5) is 0. The van der Waals surface area contributed by atoms with Crippen molar-refractivity contribution in [2.45, 2.75) is 39.2 Å². The first-order valence-corrected chi connectivity index (χ1v) is 5.04. The van der Waals surface area contributed by atoms with Gasteiger partial charge in [0.1, 0.15) is 0 Å². The molecule has 0 aromatic heterocycles. The zero-order valence-electron chi connectivity index (χ0n) is 8.43. The fraction of sp³-hybridized carbons (Fsp3) is 0.500. The topological polar surface area (TPSA) is 26.0 Å². The lowest BCUT2D eigenvalue weighted by atomic mass is 9.86. The van der Waals surface area contributed by atoms with E-state index in [1.807, 2.05) is 0 Å². The fourth-order valence-corrected chi connectivity index (χ4v) is 2.13. The lowest BCUT2D eigenvalue weighted by Gasteiger charge is -2.23. The normalized spacial score (nSPS) is 21.3. The van der Waals surface area contributed by atoms with Crippen molar-refractivity contribution in [3.05, 3.63) is 34.4 Å². The molecule has 1 aromatic rings. The summed E-state index contributed by atoms with van der Waals surface area (Å²) >= 11 is 0. The van der Waals surface area contributed by atoms with Crippen LogP contribution in [0.5, 0.6) is 0 Å². The van der Waals surface area contributed by atoms with E-state index in [9.17, 15) is 0 Å². The Kier molecular flexibility index (Phi) is 2.12. The predicted octanol–water partition coefficient (Wildman–Crippen LogP) is 2.64. The maximum atomic E-state index is 6.07. The third kappa shape index (κ3) is 1.49. The van der Waals surface area contributed by atoms with Gasteiger partial charge in [-0.05, 0) is 55.4 Å². The molecule has 0 amide bonds. The number of hydrogen-bond donors (Lipinski definition) is 1. The third-order valence-corrected chi connectivity index (χ3v) is 3.12. The van der Waals surface area contributed by atoms with Gasteiger partial charge in [-0.25, -0.2) is 0 Å². The van der Waals surface area contributed by atoms with Crippen molar-refractivity contribution >= 4 is 0 Å². The molecule has 1 aliphatic rings. The smallest absolute Gasteiger partial charge is 0.0297 e. The Balaban J connectivity index is 2.52. The minimum atomic E-state index is 0.281. The van der Waals surface area contributed by atoms with Crippen LogP contribution >= 0.6 is 0 Å². The molecule has 0 saturated heterocycles. The van der Waals surface area contributed by atoms with Crippen LogP contribution in [0.3, 0.4) is 0 Å². The molecular weight excluding hydrogens is 158 g/mol. The zero-order chi connectivity index (χ0) is 9.42. The average Bonchev–Trinajstić information content (AvgIpc) is 2.09. The zero-order valence-corrected chi connectivity index (χ0v) is 8.43. The van der Waals surface area contributed by atoms with Gasteiger partial charge in [0.25, 0.3) is 0 Å². The standard InChI is InChI=1S/C12H17N/c1-8-6-10-4-3-5-12(13)11(10)7-9(8)2/h6-7,12H,3-5,13H2,1-2H3. The van der Waals surface area contributed by atoms with Crippen LogP contribution < -0.4 is 5.73 Å². The highest BCUT2D eigenvalue weighted by atomic mass is 14.6. The van der Waals surface area contributed by atoms with Crippen molar-refractivity contribution in [2.24, 2.45) is 5.73 Å². The van der Waals surface area contributed by atoms with E-state index in [1.54, 1.807) is 0 Å². The number of rotatable bonds is 0. The minimum absolute atomic E-state index is 0.281. The molecule has 2 rings (SSSR count). The Hall–Kier alpha value is -0.820. The van der Waals surface area contributed by atoms with Gasteiger partial charge in [0.15, 0.2) is 0 Å². The molecule has 2 N–H and O–H groups in total. The van der Waals surface area contributed by atoms with E-state index >= 15 is 0 Å². The first-order chi connectivity index (χ1) is 6.18. The first kappa shape index (κ1) is 8.76. The second-order valence-corrected chi connectivity index (χ2v) is 4.13. The van der Waals surface area contributed by atoms with Gasteiger partial charge in [0.2, 0.25) is 0 Å². The molecule has 1 heteroatoms. The summed E-state index contributed by atoms with van der Waals surface area (Å²) < 4.78 is 0. The molecule has 1 nitrogen and oxygen atoms in total. The molecule has 1 atom stereocenters. The summed E-state index contributed by atoms with van der Waals surface area (Å²) in [6, 6.07) is 4.86. The van der Waals surface area contributed by atoms with E-state index in [-0.39, 0.29) is 6.04 Å². The average molecular weight is 175 g/mol. The van der Waals surface area contributed by atoms with Crippen LogP contribution in [-0.4, -0.2) is 0 Å². The van der Waals surface area contributed by atoms with Gasteiger partial charge in [0, 0.05) is 6.04 Å². The molecule has 0 saturated carbocycles. The maximum absolute atomic E-state index is 6.07. The SMILES string of the molecule is Cc1cc2c(cc1C)C(N)CCC2. The third-order valence-electron chi connectivity index (χ3n) is 3.12. The molecule has 0 aliphatic heterocycles. The molecule has 1 aliphatic carbocycles. The van der Waals surface area contributed by atoms with Crippen LogP contribution in [0.25, 0.3) is 0 Å². The second-order valence-electron chi connectivity index (χ2n) is 4.13. The van der Waals surface area contributed by atoms with Crippen molar-refractivity contribution in [1.82, 2.24) is 0 Å². The summed E-state index contributed by atoms with van der Waals surface area (Å²) in [6.07, 6.45) is 3.61. The minimum Gasteiger partial charge on any atom is -0.324 e. The Morgan fingerprint density at radius 3 is 2.69 bits per heavy atom. The number of hydrogen-bond acceptors (Lipinski definition) is 1. The maximum Gasteiger partial charge on any atom is 0.0297 e. The van der Waals surface area contributed by atoms with Gasteiger partial charge < -0.3 is 5.73 Å². The van der Waals surface area contributed by atoms with Crippen LogP contribution in [0, 0.1) is 13.8 Å². The van der Waals surface area contributed by atoms with Crippen molar-refractivity contribution in [2.75, 3.05) is 0 Å². The highest BCUT2D eigenvalue weighted by molar-refractivity contribution is 5.40. The molecule has 0 heterocycles. The van der Waals surface area contributed by atoms with Gasteiger partial charge in [0.05, 0.1) is 0 Å². The number of nitrogens with two attached hydrogens (primary N) is 1. The van der Waals surface area contributed by atoms with Crippen molar-refractivity contribution in [1.29, 1.82) is 0 Å². The van der Waals surface area contributed by atoms with Gasteiger partial charge in [-0.2, -0.15) is 0 Å². The molecular formula is C12H17N. The van der Waals surface area contributed by atoms with Gasteiger partial charge in [-0.15, -0.1) is 0 Å². The van der Waals surface area contributed by atoms with E-state index in [4.69, 9.17) is 5.73 Å². The van der Waals surface area contributed by atoms with E-state index in [1.165, 1.54) is 35.1 Å². The fourth-order valence-electron chi connectivity index (χ4n) is 2.13. The summed E-state index contributed by atoms with van der Waals surface area (Å²) in [7, 11) is 0. The van der Waals surface area contributed by atoms with E-state index < -0.39 is 0 Å². The van der Waals surface area contributed by atoms with Crippen molar-refractivity contribution in [3.8, 4) is 0 Å². The molecule has 0 bridgehead atoms. The number of fused-ring (bicyclic) bond motifs is 1. The molecule has 0 radical (unpaired) electrons. The van der Waals surface area contributed by atoms with E-state index in [0.29, 0.717) is 0 Å². The number of aryl methyl sites for hydroxylation is 3. The van der Waals surface area contributed by atoms with Crippen LogP contribution in [-0.2, 0) is 6.42 Å². The molecule has 13 heavy (non-hydrogen) atoms. The van der Waals surface area contributed by atoms with Crippen LogP contribution in [0.4, 0.5) is 0 Å². The van der Waals surface area contributed by atoms with Crippen molar-refractivity contribution in [3.63, 3.8) is 0 Å². The lowest BCUT2D eigenvalue weighted by Crippen LogP contribution is -2.17. The van der Waals surface area contributed by atoms with Gasteiger partial charge >= 0.3 is 0 Å². The summed E-state index contributed by atoms with van der Waals surface area (Å²) in [5, 5.41) is 0. The largest absolute Gasteiger partial charge is 0.324 e. The Labute approximate surface area is 80.0 Å². The van der Waals surface area contributed by atoms with Crippen LogP contribution in [0.15, 0.2) is 12.1 Å². The van der Waals surface area contributed by atoms with Gasteiger partial charge in [-0.3, -0.25) is 0 Å². The molecule has 0 spiro atoms. The van der Waals surface area contributed by atoms with Crippen LogP contribution in [0.2, 0.25) is 0 Å². The van der Waals surface area contributed by atoms with Crippen LogP contribution in [0.1, 0.15) is 41.1 Å². The highest BCUT2D eigenvalue weighted by Crippen LogP contribution is 2.29. The molecule has 1 unspecified atom stereocenters. The molecule has 1 aromatic carbocycles. The highest BCUT2D eigenvalue weighted by Gasteiger charge is 2.16. The quantitative estimate of drug-likeness (QED) is 0.644. The van der Waals surface area contributed by atoms with E-state index in [2.05, 4.69) is 26.0 Å². The molecule has 0 fully saturated rings. The Morgan fingerprint density at radius 1 is 1.23 bits per heavy atom. The first-order valence-electron chi connectivity index (χ1n) is 5.04. The van der Waals surface area contributed by atoms with E-state index in [0.717, 1.165) is 6.42 Å². The summed E-state index contributed by atoms with van der Waals surface area (Å²) in [5.41, 5.74) is 11.7.